The molecule has 0 aliphatic heterocycles. The third kappa shape index (κ3) is 6.45. The molecule has 19 heavy (non-hydrogen) atoms. The zero-order valence-corrected chi connectivity index (χ0v) is 11.8. The normalized spacial score (nSPS) is 17.7. The van der Waals surface area contributed by atoms with Gasteiger partial charge in [-0.25, -0.2) is 4.79 Å². The number of ether oxygens (including phenoxy) is 1. The van der Waals surface area contributed by atoms with Crippen molar-refractivity contribution in [3.8, 4) is 0 Å². The monoisotopic (exact) mass is 270 g/mol. The predicted octanol–water partition coefficient (Wildman–Crippen LogP) is 2.34. The summed E-state index contributed by atoms with van der Waals surface area (Å²) in [7, 11) is 0. The molecular weight excluding hydrogens is 244 g/mol. The summed E-state index contributed by atoms with van der Waals surface area (Å²) in [5.41, 5.74) is 5.35. The van der Waals surface area contributed by atoms with Crippen molar-refractivity contribution in [2.75, 3.05) is 6.61 Å². The van der Waals surface area contributed by atoms with Crippen LogP contribution in [0, 0.1) is 5.92 Å². The standard InChI is InChI=1S/C14H26N2O3/c1-2-3-9-19-14(18)16-12(13(15)17)10-11-7-5-4-6-8-11/h11-12H,2-10H2,1H3,(H2,15,17)(H,16,18). The Balaban J connectivity index is 2.34. The van der Waals surface area contributed by atoms with Crippen molar-refractivity contribution in [1.82, 2.24) is 5.32 Å². The molecule has 0 aromatic heterocycles. The summed E-state index contributed by atoms with van der Waals surface area (Å²) in [6.45, 7) is 2.41. The van der Waals surface area contributed by atoms with Crippen molar-refractivity contribution in [3.63, 3.8) is 0 Å². The van der Waals surface area contributed by atoms with E-state index in [1.165, 1.54) is 19.3 Å². The molecule has 0 saturated heterocycles. The first-order valence-electron chi connectivity index (χ1n) is 7.36. The second-order valence-electron chi connectivity index (χ2n) is 5.33. The van der Waals surface area contributed by atoms with Crippen LogP contribution in [-0.2, 0) is 9.53 Å². The number of carbonyl (C=O) groups excluding carboxylic acids is 2. The molecule has 0 heterocycles. The lowest BCUT2D eigenvalue weighted by atomic mass is 9.84. The highest BCUT2D eigenvalue weighted by Gasteiger charge is 2.24. The molecular formula is C14H26N2O3. The summed E-state index contributed by atoms with van der Waals surface area (Å²) in [5.74, 6) is 0.0141. The fourth-order valence-electron chi connectivity index (χ4n) is 2.50. The summed E-state index contributed by atoms with van der Waals surface area (Å²) in [5, 5.41) is 2.59. The van der Waals surface area contributed by atoms with E-state index in [1.807, 2.05) is 6.92 Å². The average molecular weight is 270 g/mol. The number of carbonyl (C=O) groups is 2. The maximum Gasteiger partial charge on any atom is 0.407 e. The molecule has 1 fully saturated rings. The van der Waals surface area contributed by atoms with Crippen LogP contribution in [0.5, 0.6) is 0 Å². The van der Waals surface area contributed by atoms with Gasteiger partial charge in [0, 0.05) is 0 Å². The molecule has 0 spiro atoms. The van der Waals surface area contributed by atoms with Crippen LogP contribution in [0.1, 0.15) is 58.3 Å². The Morgan fingerprint density at radius 1 is 1.32 bits per heavy atom. The molecule has 110 valence electrons. The molecule has 1 rings (SSSR count). The van der Waals surface area contributed by atoms with Crippen LogP contribution in [0.15, 0.2) is 0 Å². The predicted molar refractivity (Wildman–Crippen MR) is 73.6 cm³/mol. The molecule has 0 aromatic rings. The zero-order chi connectivity index (χ0) is 14.1. The molecule has 1 aliphatic rings. The molecule has 1 atom stereocenters. The Morgan fingerprint density at radius 2 is 2.00 bits per heavy atom. The molecule has 0 radical (unpaired) electrons. The minimum Gasteiger partial charge on any atom is -0.450 e. The van der Waals surface area contributed by atoms with E-state index in [4.69, 9.17) is 10.5 Å². The largest absolute Gasteiger partial charge is 0.450 e. The number of primary amides is 1. The second-order valence-corrected chi connectivity index (χ2v) is 5.33. The first-order chi connectivity index (χ1) is 9.13. The van der Waals surface area contributed by atoms with Gasteiger partial charge in [0.2, 0.25) is 5.91 Å². The number of unbranched alkanes of at least 4 members (excludes halogenated alkanes) is 1. The Hall–Kier alpha value is -1.26. The van der Waals surface area contributed by atoms with E-state index in [-0.39, 0.29) is 0 Å². The summed E-state index contributed by atoms with van der Waals surface area (Å²) in [6, 6.07) is -0.600. The molecule has 2 amide bonds. The highest BCUT2D eigenvalue weighted by Crippen LogP contribution is 2.27. The topological polar surface area (TPSA) is 81.4 Å². The van der Waals surface area contributed by atoms with Crippen molar-refractivity contribution >= 4 is 12.0 Å². The van der Waals surface area contributed by atoms with Gasteiger partial charge in [0.05, 0.1) is 6.61 Å². The van der Waals surface area contributed by atoms with Crippen LogP contribution in [0.25, 0.3) is 0 Å². The smallest absolute Gasteiger partial charge is 0.407 e. The summed E-state index contributed by atoms with van der Waals surface area (Å²) in [6.07, 6.45) is 7.82. The second kappa shape index (κ2) is 8.77. The summed E-state index contributed by atoms with van der Waals surface area (Å²) in [4.78, 5) is 22.9. The van der Waals surface area contributed by atoms with Crippen molar-refractivity contribution in [1.29, 1.82) is 0 Å². The number of hydrogen-bond donors (Lipinski definition) is 2. The Kier molecular flexibility index (Phi) is 7.30. The van der Waals surface area contributed by atoms with E-state index >= 15 is 0 Å². The van der Waals surface area contributed by atoms with Crippen LogP contribution in [-0.4, -0.2) is 24.6 Å². The SMILES string of the molecule is CCCCOC(=O)NC(CC1CCCCC1)C(N)=O. The van der Waals surface area contributed by atoms with E-state index < -0.39 is 18.0 Å². The lowest BCUT2D eigenvalue weighted by Crippen LogP contribution is -2.46. The Morgan fingerprint density at radius 3 is 2.58 bits per heavy atom. The van der Waals surface area contributed by atoms with Gasteiger partial charge >= 0.3 is 6.09 Å². The fourth-order valence-corrected chi connectivity index (χ4v) is 2.50. The molecule has 1 saturated carbocycles. The fraction of sp³-hybridized carbons (Fsp3) is 0.857. The summed E-state index contributed by atoms with van der Waals surface area (Å²) >= 11 is 0. The number of amides is 2. The van der Waals surface area contributed by atoms with Gasteiger partial charge in [0.1, 0.15) is 6.04 Å². The quantitative estimate of drug-likeness (QED) is 0.697. The molecule has 5 nitrogen and oxygen atoms in total. The van der Waals surface area contributed by atoms with Crippen LogP contribution >= 0.6 is 0 Å². The average Bonchev–Trinajstić information content (AvgIpc) is 2.39. The summed E-state index contributed by atoms with van der Waals surface area (Å²) < 4.78 is 4.99. The van der Waals surface area contributed by atoms with E-state index in [0.29, 0.717) is 18.9 Å². The van der Waals surface area contributed by atoms with Crippen molar-refractivity contribution in [3.05, 3.63) is 0 Å². The van der Waals surface area contributed by atoms with Crippen LogP contribution in [0.3, 0.4) is 0 Å². The van der Waals surface area contributed by atoms with E-state index in [0.717, 1.165) is 25.7 Å². The number of nitrogens with one attached hydrogen (secondary N) is 1. The number of alkyl carbamates (subject to hydrolysis) is 1. The van der Waals surface area contributed by atoms with Gasteiger partial charge in [-0.3, -0.25) is 4.79 Å². The number of nitrogens with two attached hydrogens (primary N) is 1. The van der Waals surface area contributed by atoms with Gasteiger partial charge < -0.3 is 15.8 Å². The highest BCUT2D eigenvalue weighted by molar-refractivity contribution is 5.84. The molecule has 5 heteroatoms. The number of hydrogen-bond acceptors (Lipinski definition) is 3. The van der Waals surface area contributed by atoms with Gasteiger partial charge in [-0.2, -0.15) is 0 Å². The number of rotatable bonds is 7. The van der Waals surface area contributed by atoms with Gasteiger partial charge in [-0.1, -0.05) is 45.4 Å². The first-order valence-corrected chi connectivity index (χ1v) is 7.36. The maximum absolute atomic E-state index is 11.5. The molecule has 3 N–H and O–H groups in total. The maximum atomic E-state index is 11.5. The lowest BCUT2D eigenvalue weighted by molar-refractivity contribution is -0.120. The molecule has 0 bridgehead atoms. The van der Waals surface area contributed by atoms with Crippen LogP contribution in [0.4, 0.5) is 4.79 Å². The minimum atomic E-state index is -0.600. The molecule has 1 unspecified atom stereocenters. The lowest BCUT2D eigenvalue weighted by Gasteiger charge is -2.25. The van der Waals surface area contributed by atoms with Gasteiger partial charge in [-0.05, 0) is 18.8 Å². The zero-order valence-electron chi connectivity index (χ0n) is 11.8. The minimum absolute atomic E-state index is 0.386. The molecule has 0 aromatic carbocycles. The Bertz CT molecular complexity index is 288. The van der Waals surface area contributed by atoms with Crippen LogP contribution in [0.2, 0.25) is 0 Å². The van der Waals surface area contributed by atoms with Gasteiger partial charge in [0.25, 0.3) is 0 Å². The third-order valence-electron chi connectivity index (χ3n) is 3.66. The van der Waals surface area contributed by atoms with Crippen molar-refractivity contribution in [2.45, 2.75) is 64.3 Å². The van der Waals surface area contributed by atoms with Gasteiger partial charge in [0.15, 0.2) is 0 Å². The van der Waals surface area contributed by atoms with Crippen molar-refractivity contribution < 1.29 is 14.3 Å². The van der Waals surface area contributed by atoms with E-state index in [9.17, 15) is 9.59 Å². The molecule has 1 aliphatic carbocycles. The first kappa shape index (κ1) is 15.8. The van der Waals surface area contributed by atoms with E-state index in [2.05, 4.69) is 5.32 Å². The van der Waals surface area contributed by atoms with Gasteiger partial charge in [-0.15, -0.1) is 0 Å². The Labute approximate surface area is 115 Å². The third-order valence-corrected chi connectivity index (χ3v) is 3.66. The highest BCUT2D eigenvalue weighted by atomic mass is 16.5. The van der Waals surface area contributed by atoms with E-state index in [1.54, 1.807) is 0 Å². The van der Waals surface area contributed by atoms with Crippen molar-refractivity contribution in [2.24, 2.45) is 11.7 Å². The van der Waals surface area contributed by atoms with Crippen LogP contribution < -0.4 is 11.1 Å².